The van der Waals surface area contributed by atoms with Gasteiger partial charge in [-0.1, -0.05) is 317 Å². The largest absolute Gasteiger partial charge is 0.545 e. The Labute approximate surface area is 538 Å². The fraction of sp³-hybridized carbons (Fsp3) is 0.782. The second kappa shape index (κ2) is 68.4. The summed E-state index contributed by atoms with van der Waals surface area (Å²) < 4.78 is 22.8. The van der Waals surface area contributed by atoms with Crippen molar-refractivity contribution in [1.82, 2.24) is 0 Å². The van der Waals surface area contributed by atoms with Crippen molar-refractivity contribution in [2.75, 3.05) is 47.5 Å². The van der Waals surface area contributed by atoms with Gasteiger partial charge in [0.1, 0.15) is 13.2 Å². The molecule has 0 N–H and O–H groups in total. The molecule has 2 atom stereocenters. The Morgan fingerprint density at radius 1 is 0.356 bits per heavy atom. The number of quaternary nitrogens is 1. The maximum absolute atomic E-state index is 12.9. The smallest absolute Gasteiger partial charge is 0.306 e. The predicted octanol–water partition coefficient (Wildman–Crippen LogP) is 21.7. The molecule has 0 rings (SSSR count). The van der Waals surface area contributed by atoms with Crippen LogP contribution in [0.2, 0.25) is 0 Å². The third kappa shape index (κ3) is 69.8. The van der Waals surface area contributed by atoms with E-state index in [1.807, 2.05) is 21.1 Å². The van der Waals surface area contributed by atoms with Gasteiger partial charge in [-0.2, -0.15) is 0 Å². The van der Waals surface area contributed by atoms with E-state index in [0.29, 0.717) is 23.9 Å². The quantitative estimate of drug-likeness (QED) is 0.0195. The van der Waals surface area contributed by atoms with Crippen molar-refractivity contribution in [2.45, 2.75) is 347 Å². The van der Waals surface area contributed by atoms with Gasteiger partial charge < -0.3 is 33.3 Å². The molecule has 504 valence electrons. The summed E-state index contributed by atoms with van der Waals surface area (Å²) in [5.41, 5.74) is 0. The highest BCUT2D eigenvalue weighted by Gasteiger charge is 2.22. The van der Waals surface area contributed by atoms with Gasteiger partial charge in [0, 0.05) is 12.8 Å². The molecule has 0 radical (unpaired) electrons. The molecule has 0 aliphatic heterocycles. The summed E-state index contributed by atoms with van der Waals surface area (Å²) in [6.07, 6.45) is 89.7. The number of carbonyl (C=O) groups excluding carboxylic acids is 3. The Balaban J connectivity index is 4.02. The van der Waals surface area contributed by atoms with Gasteiger partial charge in [-0.15, -0.1) is 0 Å². The van der Waals surface area contributed by atoms with Gasteiger partial charge in [0.05, 0.1) is 40.3 Å². The average molecular weight is 1220 g/mol. The number of carboxylic acid groups (broad SMARTS) is 1. The van der Waals surface area contributed by atoms with Crippen molar-refractivity contribution in [2.24, 2.45) is 0 Å². The van der Waals surface area contributed by atoms with Gasteiger partial charge in [-0.25, -0.2) is 0 Å². The minimum Gasteiger partial charge on any atom is -0.545 e. The lowest BCUT2D eigenvalue weighted by atomic mass is 10.0. The van der Waals surface area contributed by atoms with E-state index in [1.54, 1.807) is 0 Å². The molecule has 2 unspecified atom stereocenters. The lowest BCUT2D eigenvalue weighted by molar-refractivity contribution is -0.870. The third-order valence-corrected chi connectivity index (χ3v) is 16.1. The molecule has 0 heterocycles. The number of allylic oxidation sites excluding steroid dienone is 14. The van der Waals surface area contributed by atoms with E-state index >= 15 is 0 Å². The number of esters is 2. The molecule has 0 saturated carbocycles. The summed E-state index contributed by atoms with van der Waals surface area (Å²) in [4.78, 5) is 37.5. The number of aliphatic carboxylic acids is 1. The van der Waals surface area contributed by atoms with E-state index in [-0.39, 0.29) is 32.2 Å². The zero-order valence-electron chi connectivity index (χ0n) is 57.6. The summed E-state index contributed by atoms with van der Waals surface area (Å²) in [5.74, 6) is -2.27. The Hall–Kier alpha value is -3.53. The van der Waals surface area contributed by atoms with Crippen LogP contribution in [-0.4, -0.2) is 82.3 Å². The Morgan fingerprint density at radius 2 is 0.655 bits per heavy atom. The molecule has 0 saturated heterocycles. The van der Waals surface area contributed by atoms with Crippen LogP contribution < -0.4 is 5.11 Å². The molecule has 0 fully saturated rings. The number of nitrogens with zero attached hydrogens (tertiary/aromatic N) is 1. The number of carbonyl (C=O) groups is 3. The zero-order chi connectivity index (χ0) is 63.3. The molecular weight excluding hydrogens is 1080 g/mol. The highest BCUT2D eigenvalue weighted by atomic mass is 16.7. The fourth-order valence-electron chi connectivity index (χ4n) is 10.5. The molecule has 9 heteroatoms. The van der Waals surface area contributed by atoms with Crippen LogP contribution in [0.15, 0.2) is 85.1 Å². The first-order chi connectivity index (χ1) is 42.6. The molecule has 0 amide bonds. The SMILES string of the molecule is CC/C=C\C/C=C\C/C=C\C/C=C\CCCCCCCCCCCCCCC(=O)OC(COC(=O)CCCCCCCCCCCCCCCCCCCCCCCC/C=C\C/C=C\C/C=C\CCCCCCC)COC(OCC[N+](C)(C)C)C(=O)[O-]. The van der Waals surface area contributed by atoms with Crippen LogP contribution in [0.4, 0.5) is 0 Å². The van der Waals surface area contributed by atoms with Crippen LogP contribution in [0.5, 0.6) is 0 Å². The summed E-state index contributed by atoms with van der Waals surface area (Å²) >= 11 is 0. The van der Waals surface area contributed by atoms with Crippen LogP contribution in [-0.2, 0) is 33.3 Å². The van der Waals surface area contributed by atoms with Crippen LogP contribution >= 0.6 is 0 Å². The van der Waals surface area contributed by atoms with Crippen LogP contribution in [0.25, 0.3) is 0 Å². The molecule has 0 spiro atoms. The second-order valence-corrected chi connectivity index (χ2v) is 25.9. The zero-order valence-corrected chi connectivity index (χ0v) is 57.6. The Morgan fingerprint density at radius 3 is 0.977 bits per heavy atom. The maximum atomic E-state index is 12.9. The number of hydrogen-bond acceptors (Lipinski definition) is 8. The Bertz CT molecular complexity index is 1700. The third-order valence-electron chi connectivity index (χ3n) is 16.1. The van der Waals surface area contributed by atoms with Gasteiger partial charge in [0.25, 0.3) is 0 Å². The molecule has 0 aromatic rings. The molecular formula is C78H139NO8. The number of ether oxygens (including phenoxy) is 4. The van der Waals surface area contributed by atoms with E-state index in [2.05, 4.69) is 98.9 Å². The van der Waals surface area contributed by atoms with E-state index in [0.717, 1.165) is 77.0 Å². The Kier molecular flexibility index (Phi) is 65.6. The van der Waals surface area contributed by atoms with Crippen molar-refractivity contribution in [3.05, 3.63) is 85.1 Å². The lowest BCUT2D eigenvalue weighted by Crippen LogP contribution is -2.44. The molecule has 0 aromatic heterocycles. The minimum atomic E-state index is -1.62. The van der Waals surface area contributed by atoms with E-state index in [1.165, 1.54) is 225 Å². The lowest BCUT2D eigenvalue weighted by Gasteiger charge is -2.26. The topological polar surface area (TPSA) is 111 Å². The average Bonchev–Trinajstić information content (AvgIpc) is 3.59. The van der Waals surface area contributed by atoms with Crippen LogP contribution in [0.3, 0.4) is 0 Å². The monoisotopic (exact) mass is 1220 g/mol. The first kappa shape index (κ1) is 83.5. The minimum absolute atomic E-state index is 0.146. The van der Waals surface area contributed by atoms with Crippen LogP contribution in [0.1, 0.15) is 335 Å². The van der Waals surface area contributed by atoms with E-state index < -0.39 is 24.3 Å². The fourth-order valence-corrected chi connectivity index (χ4v) is 10.5. The highest BCUT2D eigenvalue weighted by Crippen LogP contribution is 2.18. The van der Waals surface area contributed by atoms with Crippen molar-refractivity contribution in [3.8, 4) is 0 Å². The van der Waals surface area contributed by atoms with Gasteiger partial charge >= 0.3 is 11.9 Å². The number of hydrogen-bond donors (Lipinski definition) is 0. The number of likely N-dealkylation sites (N-methyl/N-ethyl adjacent to an activating group) is 1. The summed E-state index contributed by atoms with van der Waals surface area (Å²) in [5, 5.41) is 11.8. The summed E-state index contributed by atoms with van der Waals surface area (Å²) in [7, 11) is 5.94. The normalized spacial score (nSPS) is 13.2. The molecule has 9 nitrogen and oxygen atoms in total. The van der Waals surface area contributed by atoms with Crippen molar-refractivity contribution >= 4 is 17.9 Å². The first-order valence-electron chi connectivity index (χ1n) is 36.7. The highest BCUT2D eigenvalue weighted by molar-refractivity contribution is 5.70. The first-order valence-corrected chi connectivity index (χ1v) is 36.7. The summed E-state index contributed by atoms with van der Waals surface area (Å²) in [6, 6.07) is 0. The van der Waals surface area contributed by atoms with Crippen molar-refractivity contribution in [3.63, 3.8) is 0 Å². The van der Waals surface area contributed by atoms with Gasteiger partial charge in [0.15, 0.2) is 12.4 Å². The van der Waals surface area contributed by atoms with E-state index in [4.69, 9.17) is 18.9 Å². The summed E-state index contributed by atoms with van der Waals surface area (Å²) in [6.45, 7) is 4.66. The molecule has 0 aliphatic carbocycles. The molecule has 0 aromatic carbocycles. The number of rotatable bonds is 68. The maximum Gasteiger partial charge on any atom is 0.306 e. The molecule has 0 bridgehead atoms. The van der Waals surface area contributed by atoms with Crippen molar-refractivity contribution < 1.29 is 42.9 Å². The van der Waals surface area contributed by atoms with Gasteiger partial charge in [-0.3, -0.25) is 9.59 Å². The molecule has 0 aliphatic rings. The number of unbranched alkanes of at least 4 members (excludes halogenated alkanes) is 39. The van der Waals surface area contributed by atoms with E-state index in [9.17, 15) is 19.5 Å². The van der Waals surface area contributed by atoms with Crippen LogP contribution in [0, 0.1) is 0 Å². The van der Waals surface area contributed by atoms with Crippen molar-refractivity contribution in [1.29, 1.82) is 0 Å². The molecule has 87 heavy (non-hydrogen) atoms. The standard InChI is InChI=1S/C78H139NO8/c1-6-8-10-12-14-16-18-20-22-24-26-28-30-32-33-34-35-36-37-38-39-40-41-42-43-45-46-48-50-52-54-56-58-60-62-64-66-68-75(80)85-72-74(73-86-78(77(82)83)84-71-70-79(3,4)5)87-76(81)69-67-65-63-61-59-57-55-53-51-49-47-44-31-29-27-25-23-21-19-17-15-13-11-9-7-2/h9,11,15,17-18,20-21,23-24,26-27,29-30,32,74,78H,6-8,10,12-14,16,19,22,25,28,31,33-73H2,1-5H3/b11-9-,17-15-,20-18-,23-21-,26-24-,29-27-,32-30-. The van der Waals surface area contributed by atoms with Gasteiger partial charge in [0.2, 0.25) is 0 Å². The predicted molar refractivity (Wildman–Crippen MR) is 371 cm³/mol. The van der Waals surface area contributed by atoms with Gasteiger partial charge in [-0.05, 0) is 89.9 Å². The number of carboxylic acids is 1. The second-order valence-electron chi connectivity index (χ2n) is 25.9.